The topological polar surface area (TPSA) is 97.1 Å². The summed E-state index contributed by atoms with van der Waals surface area (Å²) in [6.45, 7) is 5.54. The van der Waals surface area contributed by atoms with E-state index in [0.29, 0.717) is 24.6 Å². The molecule has 8 nitrogen and oxygen atoms in total. The van der Waals surface area contributed by atoms with E-state index in [1.54, 1.807) is 12.0 Å². The maximum atomic E-state index is 12.7. The molecule has 28 heavy (non-hydrogen) atoms. The summed E-state index contributed by atoms with van der Waals surface area (Å²) >= 11 is 0. The van der Waals surface area contributed by atoms with Gasteiger partial charge in [0.25, 0.3) is 0 Å². The molecule has 2 heterocycles. The molecule has 0 aliphatic carbocycles. The van der Waals surface area contributed by atoms with Gasteiger partial charge in [0.2, 0.25) is 5.91 Å². The average molecular weight is 390 g/mol. The Kier molecular flexibility index (Phi) is 6.61. The third-order valence-electron chi connectivity index (χ3n) is 5.31. The first kappa shape index (κ1) is 20.3. The molecule has 1 aromatic carbocycles. The van der Waals surface area contributed by atoms with Crippen LogP contribution in [0.3, 0.4) is 0 Å². The van der Waals surface area contributed by atoms with Crippen LogP contribution in [0.5, 0.6) is 11.5 Å². The van der Waals surface area contributed by atoms with Crippen LogP contribution in [0.4, 0.5) is 10.5 Å². The monoisotopic (exact) mass is 390 g/mol. The maximum Gasteiger partial charge on any atom is 0.322 e. The molecule has 0 spiro atoms. The summed E-state index contributed by atoms with van der Waals surface area (Å²) in [5, 5.41) is 3.00. The molecule has 1 aromatic rings. The zero-order valence-electron chi connectivity index (χ0n) is 16.6. The number of anilines is 1. The van der Waals surface area contributed by atoms with Crippen LogP contribution in [0.2, 0.25) is 0 Å². The number of urea groups is 1. The number of rotatable bonds is 6. The smallest absolute Gasteiger partial charge is 0.322 e. The molecule has 2 aliphatic rings. The number of primary amides is 1. The molecule has 0 saturated carbocycles. The Hall–Kier alpha value is -2.48. The fourth-order valence-corrected chi connectivity index (χ4v) is 3.82. The van der Waals surface area contributed by atoms with Gasteiger partial charge in [-0.05, 0) is 51.4 Å². The second-order valence-electron chi connectivity index (χ2n) is 7.50. The standard InChI is InChI=1S/C20H30N4O4/c1-14-12-24(17-11-16(27-2)6-7-18(17)28-14)20(26)22-8-4-10-23-9-3-5-15(13-23)19(21)25/h6-7,11,14-15H,3-5,8-10,12-13H2,1-2H3,(H2,21,25)(H,22,26)/t14-,15-/m0/s1. The minimum Gasteiger partial charge on any atom is -0.497 e. The normalized spacial score (nSPS) is 22.1. The Balaban J connectivity index is 1.51. The highest BCUT2D eigenvalue weighted by molar-refractivity contribution is 5.94. The molecule has 154 valence electrons. The first-order valence-corrected chi connectivity index (χ1v) is 9.89. The molecule has 0 aromatic heterocycles. The van der Waals surface area contributed by atoms with E-state index in [2.05, 4.69) is 10.2 Å². The average Bonchev–Trinajstić information content (AvgIpc) is 2.70. The van der Waals surface area contributed by atoms with E-state index in [1.807, 2.05) is 25.1 Å². The molecular weight excluding hydrogens is 360 g/mol. The number of amides is 3. The van der Waals surface area contributed by atoms with Gasteiger partial charge in [-0.25, -0.2) is 4.79 Å². The molecule has 2 atom stereocenters. The Labute approximate surface area is 165 Å². The number of methoxy groups -OCH3 is 1. The summed E-state index contributed by atoms with van der Waals surface area (Å²) in [7, 11) is 1.60. The Morgan fingerprint density at radius 2 is 2.18 bits per heavy atom. The van der Waals surface area contributed by atoms with Crippen molar-refractivity contribution in [2.24, 2.45) is 11.7 Å². The molecular formula is C20H30N4O4. The molecule has 2 aliphatic heterocycles. The summed E-state index contributed by atoms with van der Waals surface area (Å²) in [6, 6.07) is 5.33. The number of nitrogens with zero attached hydrogens (tertiary/aromatic N) is 2. The molecule has 8 heteroatoms. The van der Waals surface area contributed by atoms with Crippen LogP contribution in [0.25, 0.3) is 0 Å². The SMILES string of the molecule is COc1ccc2c(c1)N(C(=O)NCCCN1CCC[C@H](C(N)=O)C1)C[C@H](C)O2. The van der Waals surface area contributed by atoms with Gasteiger partial charge in [-0.15, -0.1) is 0 Å². The van der Waals surface area contributed by atoms with Crippen LogP contribution < -0.4 is 25.4 Å². The number of carbonyl (C=O) groups excluding carboxylic acids is 2. The van der Waals surface area contributed by atoms with Crippen molar-refractivity contribution in [1.29, 1.82) is 0 Å². The molecule has 1 fully saturated rings. The molecule has 3 N–H and O–H groups in total. The number of carbonyl (C=O) groups is 2. The van der Waals surface area contributed by atoms with Gasteiger partial charge in [-0.2, -0.15) is 0 Å². The van der Waals surface area contributed by atoms with Crippen LogP contribution in [0, 0.1) is 5.92 Å². The highest BCUT2D eigenvalue weighted by Crippen LogP contribution is 2.36. The minimum absolute atomic E-state index is 0.0512. The maximum absolute atomic E-state index is 12.7. The van der Waals surface area contributed by atoms with Gasteiger partial charge in [-0.1, -0.05) is 0 Å². The lowest BCUT2D eigenvalue weighted by molar-refractivity contribution is -0.123. The number of nitrogens with one attached hydrogen (secondary N) is 1. The molecule has 3 rings (SSSR count). The predicted octanol–water partition coefficient (Wildman–Crippen LogP) is 1.58. The van der Waals surface area contributed by atoms with Crippen molar-refractivity contribution in [2.75, 3.05) is 44.7 Å². The first-order valence-electron chi connectivity index (χ1n) is 9.89. The zero-order valence-corrected chi connectivity index (χ0v) is 16.6. The van der Waals surface area contributed by atoms with Gasteiger partial charge in [0, 0.05) is 19.2 Å². The van der Waals surface area contributed by atoms with Gasteiger partial charge >= 0.3 is 6.03 Å². The number of benzene rings is 1. The van der Waals surface area contributed by atoms with E-state index in [4.69, 9.17) is 15.2 Å². The third-order valence-corrected chi connectivity index (χ3v) is 5.31. The number of nitrogens with two attached hydrogens (primary N) is 1. The van der Waals surface area contributed by atoms with E-state index >= 15 is 0 Å². The highest BCUT2D eigenvalue weighted by Gasteiger charge is 2.28. The highest BCUT2D eigenvalue weighted by atomic mass is 16.5. The van der Waals surface area contributed by atoms with Crippen LogP contribution in [0.15, 0.2) is 18.2 Å². The largest absolute Gasteiger partial charge is 0.497 e. The summed E-state index contributed by atoms with van der Waals surface area (Å²) in [6.07, 6.45) is 2.61. The summed E-state index contributed by atoms with van der Waals surface area (Å²) in [4.78, 5) is 28.1. The number of likely N-dealkylation sites (tertiary alicyclic amines) is 1. The summed E-state index contributed by atoms with van der Waals surface area (Å²) in [5.41, 5.74) is 6.15. The van der Waals surface area contributed by atoms with E-state index in [1.165, 1.54) is 0 Å². The lowest BCUT2D eigenvalue weighted by Gasteiger charge is -2.34. The van der Waals surface area contributed by atoms with Crippen molar-refractivity contribution < 1.29 is 19.1 Å². The van der Waals surface area contributed by atoms with Crippen molar-refractivity contribution in [3.05, 3.63) is 18.2 Å². The van der Waals surface area contributed by atoms with Crippen molar-refractivity contribution in [3.8, 4) is 11.5 Å². The van der Waals surface area contributed by atoms with Gasteiger partial charge in [0.1, 0.15) is 17.6 Å². The number of hydrogen-bond donors (Lipinski definition) is 2. The quantitative estimate of drug-likeness (QED) is 0.719. The number of hydrogen-bond acceptors (Lipinski definition) is 5. The van der Waals surface area contributed by atoms with Crippen molar-refractivity contribution >= 4 is 17.6 Å². The fraction of sp³-hybridized carbons (Fsp3) is 0.600. The number of ether oxygens (including phenoxy) is 2. The van der Waals surface area contributed by atoms with Crippen molar-refractivity contribution in [2.45, 2.75) is 32.3 Å². The zero-order chi connectivity index (χ0) is 20.1. The van der Waals surface area contributed by atoms with E-state index in [9.17, 15) is 9.59 Å². The van der Waals surface area contributed by atoms with Gasteiger partial charge in [0.05, 0.1) is 25.3 Å². The van der Waals surface area contributed by atoms with Crippen molar-refractivity contribution in [3.63, 3.8) is 0 Å². The van der Waals surface area contributed by atoms with Crippen LogP contribution in [-0.4, -0.2) is 62.8 Å². The first-order chi connectivity index (χ1) is 13.5. The van der Waals surface area contributed by atoms with Gasteiger partial charge < -0.3 is 25.4 Å². The van der Waals surface area contributed by atoms with E-state index in [0.717, 1.165) is 44.6 Å². The molecule has 0 radical (unpaired) electrons. The molecule has 0 unspecified atom stereocenters. The van der Waals surface area contributed by atoms with Crippen LogP contribution in [-0.2, 0) is 4.79 Å². The number of fused-ring (bicyclic) bond motifs is 1. The summed E-state index contributed by atoms with van der Waals surface area (Å²) in [5.74, 6) is 1.10. The van der Waals surface area contributed by atoms with E-state index in [-0.39, 0.29) is 24.0 Å². The Morgan fingerprint density at radius 3 is 2.93 bits per heavy atom. The fourth-order valence-electron chi connectivity index (χ4n) is 3.82. The second kappa shape index (κ2) is 9.14. The third kappa shape index (κ3) is 4.86. The van der Waals surface area contributed by atoms with Gasteiger partial charge in [0.15, 0.2) is 0 Å². The van der Waals surface area contributed by atoms with Crippen LogP contribution >= 0.6 is 0 Å². The molecule has 0 bridgehead atoms. The Bertz CT molecular complexity index is 711. The number of piperidine rings is 1. The molecule has 1 saturated heterocycles. The van der Waals surface area contributed by atoms with Gasteiger partial charge in [-0.3, -0.25) is 9.69 Å². The lowest BCUT2D eigenvalue weighted by atomic mass is 9.97. The predicted molar refractivity (Wildman–Crippen MR) is 107 cm³/mol. The second-order valence-corrected chi connectivity index (χ2v) is 7.50. The van der Waals surface area contributed by atoms with Crippen LogP contribution in [0.1, 0.15) is 26.2 Å². The lowest BCUT2D eigenvalue weighted by Crippen LogP contribution is -2.48. The summed E-state index contributed by atoms with van der Waals surface area (Å²) < 4.78 is 11.1. The molecule has 3 amide bonds. The Morgan fingerprint density at radius 1 is 1.36 bits per heavy atom. The minimum atomic E-state index is -0.214. The van der Waals surface area contributed by atoms with E-state index < -0.39 is 0 Å². The van der Waals surface area contributed by atoms with Crippen molar-refractivity contribution in [1.82, 2.24) is 10.2 Å².